The lowest BCUT2D eigenvalue weighted by atomic mass is 10.1. The van der Waals surface area contributed by atoms with Crippen LogP contribution in [0.4, 0.5) is 15.8 Å². The summed E-state index contributed by atoms with van der Waals surface area (Å²) >= 11 is 0. The third-order valence-electron chi connectivity index (χ3n) is 4.38. The van der Waals surface area contributed by atoms with Crippen LogP contribution in [0.2, 0.25) is 0 Å². The largest absolute Gasteiger partial charge is 0.308 e. The summed E-state index contributed by atoms with van der Waals surface area (Å²) in [7, 11) is 0. The molecule has 0 atom stereocenters. The fourth-order valence-electron chi connectivity index (χ4n) is 2.96. The number of carbonyl (C=O) groups excluding carboxylic acids is 1. The van der Waals surface area contributed by atoms with Crippen molar-refractivity contribution in [3.05, 3.63) is 106 Å². The summed E-state index contributed by atoms with van der Waals surface area (Å²) in [4.78, 5) is 25.1. The molecule has 3 aromatic rings. The van der Waals surface area contributed by atoms with Gasteiger partial charge in [0.1, 0.15) is 5.82 Å². The molecule has 28 heavy (non-hydrogen) atoms. The summed E-state index contributed by atoms with van der Waals surface area (Å²) in [6, 6.07) is 21.2. The molecule has 5 nitrogen and oxygen atoms in total. The highest BCUT2D eigenvalue weighted by Crippen LogP contribution is 2.21. The van der Waals surface area contributed by atoms with Crippen molar-refractivity contribution in [2.45, 2.75) is 12.8 Å². The molecule has 3 rings (SSSR count). The SMILES string of the molecule is O=C(c1cccc([N+](=O)[O-])c1)N(CCCc1ccccc1)c1ccc(F)cc1. The van der Waals surface area contributed by atoms with Gasteiger partial charge in [-0.1, -0.05) is 36.4 Å². The Morgan fingerprint density at radius 1 is 0.964 bits per heavy atom. The number of nitro benzene ring substituents is 1. The van der Waals surface area contributed by atoms with Crippen molar-refractivity contribution < 1.29 is 14.1 Å². The van der Waals surface area contributed by atoms with E-state index in [-0.39, 0.29) is 17.2 Å². The van der Waals surface area contributed by atoms with E-state index in [0.717, 1.165) is 12.0 Å². The summed E-state index contributed by atoms with van der Waals surface area (Å²) in [5.41, 5.74) is 1.78. The van der Waals surface area contributed by atoms with Gasteiger partial charge in [-0.05, 0) is 48.7 Å². The predicted molar refractivity (Wildman–Crippen MR) is 106 cm³/mol. The van der Waals surface area contributed by atoms with Crippen LogP contribution < -0.4 is 4.90 Å². The Morgan fingerprint density at radius 3 is 2.36 bits per heavy atom. The minimum absolute atomic E-state index is 0.144. The number of nitrogens with zero attached hydrogens (tertiary/aromatic N) is 2. The van der Waals surface area contributed by atoms with Crippen LogP contribution in [0.15, 0.2) is 78.9 Å². The van der Waals surface area contributed by atoms with E-state index in [1.807, 2.05) is 30.3 Å². The molecule has 0 radical (unpaired) electrons. The van der Waals surface area contributed by atoms with Gasteiger partial charge in [0.15, 0.2) is 0 Å². The lowest BCUT2D eigenvalue weighted by Crippen LogP contribution is -2.32. The van der Waals surface area contributed by atoms with Gasteiger partial charge in [-0.25, -0.2) is 4.39 Å². The maximum atomic E-state index is 13.3. The molecule has 0 aliphatic carbocycles. The molecule has 0 aliphatic rings. The average molecular weight is 378 g/mol. The van der Waals surface area contributed by atoms with Crippen molar-refractivity contribution in [2.75, 3.05) is 11.4 Å². The Balaban J connectivity index is 1.82. The van der Waals surface area contributed by atoms with Gasteiger partial charge in [-0.3, -0.25) is 14.9 Å². The third-order valence-corrected chi connectivity index (χ3v) is 4.38. The Bertz CT molecular complexity index is 959. The van der Waals surface area contributed by atoms with Gasteiger partial charge in [0.05, 0.1) is 4.92 Å². The summed E-state index contributed by atoms with van der Waals surface area (Å²) in [6.07, 6.45) is 1.48. The maximum absolute atomic E-state index is 13.3. The second-order valence-corrected chi connectivity index (χ2v) is 6.33. The molecule has 1 amide bonds. The Hall–Kier alpha value is -3.54. The second-order valence-electron chi connectivity index (χ2n) is 6.33. The van der Waals surface area contributed by atoms with Crippen LogP contribution >= 0.6 is 0 Å². The molecular formula is C22H19FN2O3. The highest BCUT2D eigenvalue weighted by atomic mass is 19.1. The monoisotopic (exact) mass is 378 g/mol. The van der Waals surface area contributed by atoms with Crippen LogP contribution in [0.1, 0.15) is 22.3 Å². The van der Waals surface area contributed by atoms with E-state index in [1.54, 1.807) is 6.07 Å². The first kappa shape index (κ1) is 19.2. The van der Waals surface area contributed by atoms with Gasteiger partial charge in [-0.15, -0.1) is 0 Å². The standard InChI is InChI=1S/C22H19FN2O3/c23-19-11-13-20(14-12-19)24(15-5-8-17-6-2-1-3-7-17)22(26)18-9-4-10-21(16-18)25(27)28/h1-4,6-7,9-14,16H,5,8,15H2. The molecule has 0 fully saturated rings. The molecule has 0 aromatic heterocycles. The first-order valence-corrected chi connectivity index (χ1v) is 8.90. The van der Waals surface area contributed by atoms with Gasteiger partial charge in [0.25, 0.3) is 11.6 Å². The highest BCUT2D eigenvalue weighted by molar-refractivity contribution is 6.06. The van der Waals surface area contributed by atoms with Crippen LogP contribution in [0, 0.1) is 15.9 Å². The topological polar surface area (TPSA) is 63.4 Å². The molecule has 0 heterocycles. The van der Waals surface area contributed by atoms with E-state index < -0.39 is 10.7 Å². The molecule has 0 bridgehead atoms. The maximum Gasteiger partial charge on any atom is 0.270 e. The third kappa shape index (κ3) is 4.79. The van der Waals surface area contributed by atoms with E-state index in [2.05, 4.69) is 0 Å². The minimum atomic E-state index is -0.533. The van der Waals surface area contributed by atoms with Gasteiger partial charge < -0.3 is 4.90 Å². The fourth-order valence-corrected chi connectivity index (χ4v) is 2.96. The first-order chi connectivity index (χ1) is 13.5. The number of rotatable bonds is 7. The zero-order chi connectivity index (χ0) is 19.9. The van der Waals surface area contributed by atoms with E-state index in [1.165, 1.54) is 47.4 Å². The number of anilines is 1. The number of hydrogen-bond donors (Lipinski definition) is 0. The van der Waals surface area contributed by atoms with E-state index in [0.29, 0.717) is 18.7 Å². The van der Waals surface area contributed by atoms with E-state index in [4.69, 9.17) is 0 Å². The number of carbonyl (C=O) groups is 1. The van der Waals surface area contributed by atoms with Crippen LogP contribution in [-0.4, -0.2) is 17.4 Å². The molecule has 142 valence electrons. The smallest absolute Gasteiger partial charge is 0.270 e. The zero-order valence-electron chi connectivity index (χ0n) is 15.1. The summed E-state index contributed by atoms with van der Waals surface area (Å²) in [6.45, 7) is 0.405. The van der Waals surface area contributed by atoms with Gasteiger partial charge in [-0.2, -0.15) is 0 Å². The molecule has 0 unspecified atom stereocenters. The van der Waals surface area contributed by atoms with Crippen LogP contribution in [-0.2, 0) is 6.42 Å². The van der Waals surface area contributed by atoms with Crippen molar-refractivity contribution in [1.29, 1.82) is 0 Å². The number of nitro groups is 1. The quantitative estimate of drug-likeness (QED) is 0.429. The molecule has 0 saturated heterocycles. The van der Waals surface area contributed by atoms with Gasteiger partial charge >= 0.3 is 0 Å². The van der Waals surface area contributed by atoms with Crippen LogP contribution in [0.3, 0.4) is 0 Å². The average Bonchev–Trinajstić information content (AvgIpc) is 2.72. The van der Waals surface area contributed by atoms with Crippen molar-refractivity contribution in [3.63, 3.8) is 0 Å². The number of hydrogen-bond acceptors (Lipinski definition) is 3. The number of aryl methyl sites for hydroxylation is 1. The molecule has 0 aliphatic heterocycles. The summed E-state index contributed by atoms with van der Waals surface area (Å²) in [5.74, 6) is -0.751. The minimum Gasteiger partial charge on any atom is -0.308 e. The number of amides is 1. The normalized spacial score (nSPS) is 10.5. The lowest BCUT2D eigenvalue weighted by Gasteiger charge is -2.23. The molecule has 0 spiro atoms. The molecule has 6 heteroatoms. The van der Waals surface area contributed by atoms with E-state index >= 15 is 0 Å². The second kappa shape index (κ2) is 8.90. The van der Waals surface area contributed by atoms with Crippen molar-refractivity contribution in [3.8, 4) is 0 Å². The number of benzene rings is 3. The van der Waals surface area contributed by atoms with Gasteiger partial charge in [0, 0.05) is 29.9 Å². The molecule has 0 saturated carbocycles. The van der Waals surface area contributed by atoms with Crippen molar-refractivity contribution >= 4 is 17.3 Å². The molecular weight excluding hydrogens is 359 g/mol. The zero-order valence-corrected chi connectivity index (χ0v) is 15.1. The Morgan fingerprint density at radius 2 is 1.68 bits per heavy atom. The molecule has 3 aromatic carbocycles. The first-order valence-electron chi connectivity index (χ1n) is 8.90. The molecule has 0 N–H and O–H groups in total. The number of non-ortho nitro benzene ring substituents is 1. The highest BCUT2D eigenvalue weighted by Gasteiger charge is 2.20. The summed E-state index contributed by atoms with van der Waals surface area (Å²) in [5, 5.41) is 11.0. The Labute approximate surface area is 162 Å². The lowest BCUT2D eigenvalue weighted by molar-refractivity contribution is -0.384. The fraction of sp³-hybridized carbons (Fsp3) is 0.136. The Kier molecular flexibility index (Phi) is 6.11. The van der Waals surface area contributed by atoms with Crippen molar-refractivity contribution in [1.82, 2.24) is 0 Å². The summed E-state index contributed by atoms with van der Waals surface area (Å²) < 4.78 is 13.3. The van der Waals surface area contributed by atoms with Crippen LogP contribution in [0.25, 0.3) is 0 Å². The predicted octanol–water partition coefficient (Wildman–Crippen LogP) is 5.01. The van der Waals surface area contributed by atoms with Crippen LogP contribution in [0.5, 0.6) is 0 Å². The van der Waals surface area contributed by atoms with Gasteiger partial charge in [0.2, 0.25) is 0 Å². The van der Waals surface area contributed by atoms with Crippen molar-refractivity contribution in [2.24, 2.45) is 0 Å². The number of halogens is 1. The van der Waals surface area contributed by atoms with E-state index in [9.17, 15) is 19.3 Å².